The van der Waals surface area contributed by atoms with Crippen molar-refractivity contribution >= 4 is 5.91 Å². The molecule has 1 aliphatic heterocycles. The molecule has 1 aliphatic rings. The van der Waals surface area contributed by atoms with Gasteiger partial charge in [-0.25, -0.2) is 0 Å². The molecule has 7 nitrogen and oxygen atoms in total. The highest BCUT2D eigenvalue weighted by molar-refractivity contribution is 5.94. The summed E-state index contributed by atoms with van der Waals surface area (Å²) in [5, 5.41) is 3.02. The maximum absolute atomic E-state index is 12.6. The fourth-order valence-electron chi connectivity index (χ4n) is 3.19. The number of carbonyl (C=O) groups excluding carboxylic acids is 1. The average molecular weight is 361 g/mol. The molecular formula is C19H25N2O5+. The summed E-state index contributed by atoms with van der Waals surface area (Å²) in [5.74, 6) is 1.83. The molecule has 7 heteroatoms. The lowest BCUT2D eigenvalue weighted by molar-refractivity contribution is -0.938. The first-order chi connectivity index (χ1) is 12.7. The fourth-order valence-corrected chi connectivity index (χ4v) is 3.19. The molecule has 0 spiro atoms. The van der Waals surface area contributed by atoms with Gasteiger partial charge in [-0.05, 0) is 30.3 Å². The van der Waals surface area contributed by atoms with Crippen LogP contribution < -0.4 is 19.7 Å². The molecule has 0 saturated carbocycles. The molecule has 1 aromatic carbocycles. The molecule has 2 aromatic rings. The second-order valence-corrected chi connectivity index (χ2v) is 6.12. The lowest BCUT2D eigenvalue weighted by Crippen LogP contribution is -3.15. The Labute approximate surface area is 152 Å². The number of furan rings is 1. The lowest BCUT2D eigenvalue weighted by Gasteiger charge is -2.30. The predicted molar refractivity (Wildman–Crippen MR) is 94.8 cm³/mol. The molecule has 3 rings (SSSR count). The number of hydrogen-bond donors (Lipinski definition) is 2. The van der Waals surface area contributed by atoms with Crippen molar-refractivity contribution in [3.05, 3.63) is 47.9 Å². The van der Waals surface area contributed by atoms with Crippen LogP contribution in [-0.2, 0) is 4.74 Å². The molecule has 1 amide bonds. The van der Waals surface area contributed by atoms with Crippen molar-refractivity contribution in [2.45, 2.75) is 6.04 Å². The number of ether oxygens (including phenoxy) is 3. The van der Waals surface area contributed by atoms with E-state index in [4.69, 9.17) is 18.6 Å². The van der Waals surface area contributed by atoms with E-state index in [1.54, 1.807) is 38.7 Å². The Morgan fingerprint density at radius 3 is 2.62 bits per heavy atom. The third kappa shape index (κ3) is 4.17. The van der Waals surface area contributed by atoms with Crippen LogP contribution in [0.5, 0.6) is 11.5 Å². The van der Waals surface area contributed by atoms with Crippen LogP contribution in [0.1, 0.15) is 22.2 Å². The normalized spacial score (nSPS) is 16.1. The number of carbonyl (C=O) groups is 1. The highest BCUT2D eigenvalue weighted by Gasteiger charge is 2.29. The molecule has 1 fully saturated rings. The van der Waals surface area contributed by atoms with E-state index in [1.807, 2.05) is 12.1 Å². The summed E-state index contributed by atoms with van der Waals surface area (Å²) < 4.78 is 21.5. The number of nitrogens with one attached hydrogen (secondary N) is 2. The molecule has 0 aliphatic carbocycles. The van der Waals surface area contributed by atoms with Crippen LogP contribution >= 0.6 is 0 Å². The summed E-state index contributed by atoms with van der Waals surface area (Å²) in [6.07, 6.45) is 1.67. The van der Waals surface area contributed by atoms with Crippen molar-refractivity contribution in [2.24, 2.45) is 0 Å². The highest BCUT2D eigenvalue weighted by Crippen LogP contribution is 2.27. The van der Waals surface area contributed by atoms with Crippen LogP contribution in [0.4, 0.5) is 0 Å². The second-order valence-electron chi connectivity index (χ2n) is 6.12. The number of morpholine rings is 1. The summed E-state index contributed by atoms with van der Waals surface area (Å²) in [5.41, 5.74) is 0.526. The van der Waals surface area contributed by atoms with E-state index < -0.39 is 0 Å². The van der Waals surface area contributed by atoms with Crippen molar-refractivity contribution in [3.63, 3.8) is 0 Å². The van der Waals surface area contributed by atoms with Gasteiger partial charge in [-0.15, -0.1) is 0 Å². The van der Waals surface area contributed by atoms with Crippen molar-refractivity contribution in [1.82, 2.24) is 5.32 Å². The Bertz CT molecular complexity index is 711. The molecule has 1 atom stereocenters. The largest absolute Gasteiger partial charge is 0.493 e. The molecule has 0 unspecified atom stereocenters. The number of quaternary nitrogens is 1. The molecule has 140 valence electrons. The van der Waals surface area contributed by atoms with E-state index >= 15 is 0 Å². The van der Waals surface area contributed by atoms with Crippen LogP contribution in [0.2, 0.25) is 0 Å². The van der Waals surface area contributed by atoms with Gasteiger partial charge in [-0.1, -0.05) is 0 Å². The molecule has 0 radical (unpaired) electrons. The first-order valence-corrected chi connectivity index (χ1v) is 8.69. The van der Waals surface area contributed by atoms with Crippen LogP contribution in [0.3, 0.4) is 0 Å². The van der Waals surface area contributed by atoms with Gasteiger partial charge in [0.05, 0.1) is 40.2 Å². The maximum atomic E-state index is 12.6. The predicted octanol–water partition coefficient (Wildman–Crippen LogP) is 0.683. The quantitative estimate of drug-likeness (QED) is 0.759. The van der Waals surface area contributed by atoms with Gasteiger partial charge in [-0.2, -0.15) is 0 Å². The highest BCUT2D eigenvalue weighted by atomic mass is 16.5. The Kier molecular flexibility index (Phi) is 6.14. The molecule has 26 heavy (non-hydrogen) atoms. The van der Waals surface area contributed by atoms with Crippen LogP contribution in [-0.4, -0.2) is 53.0 Å². The van der Waals surface area contributed by atoms with E-state index in [9.17, 15) is 4.79 Å². The van der Waals surface area contributed by atoms with Crippen molar-refractivity contribution in [2.75, 3.05) is 47.1 Å². The van der Waals surface area contributed by atoms with Crippen LogP contribution in [0.25, 0.3) is 0 Å². The second kappa shape index (κ2) is 8.73. The summed E-state index contributed by atoms with van der Waals surface area (Å²) in [6, 6.07) is 9.01. The first-order valence-electron chi connectivity index (χ1n) is 8.69. The molecule has 2 N–H and O–H groups in total. The fraction of sp³-hybridized carbons (Fsp3) is 0.421. The van der Waals surface area contributed by atoms with Gasteiger partial charge in [0, 0.05) is 5.56 Å². The minimum Gasteiger partial charge on any atom is -0.493 e. The number of hydrogen-bond acceptors (Lipinski definition) is 5. The number of methoxy groups -OCH3 is 2. The number of amides is 1. The van der Waals surface area contributed by atoms with E-state index in [-0.39, 0.29) is 11.9 Å². The molecule has 1 saturated heterocycles. The summed E-state index contributed by atoms with van der Waals surface area (Å²) in [4.78, 5) is 13.9. The van der Waals surface area contributed by atoms with Gasteiger partial charge < -0.3 is 28.8 Å². The van der Waals surface area contributed by atoms with Gasteiger partial charge in [0.15, 0.2) is 23.3 Å². The zero-order valence-electron chi connectivity index (χ0n) is 15.1. The lowest BCUT2D eigenvalue weighted by atomic mass is 10.1. The first kappa shape index (κ1) is 18.3. The van der Waals surface area contributed by atoms with Crippen LogP contribution in [0.15, 0.2) is 41.0 Å². The zero-order chi connectivity index (χ0) is 18.4. The van der Waals surface area contributed by atoms with E-state index in [0.29, 0.717) is 23.6 Å². The Morgan fingerprint density at radius 1 is 1.19 bits per heavy atom. The smallest absolute Gasteiger partial charge is 0.251 e. The monoisotopic (exact) mass is 361 g/mol. The Balaban J connectivity index is 1.69. The molecule has 0 bridgehead atoms. The minimum absolute atomic E-state index is 0.0537. The van der Waals surface area contributed by atoms with Crippen molar-refractivity contribution in [1.29, 1.82) is 0 Å². The van der Waals surface area contributed by atoms with E-state index in [2.05, 4.69) is 5.32 Å². The Morgan fingerprint density at radius 2 is 1.96 bits per heavy atom. The molecule has 2 heterocycles. The number of rotatable bonds is 7. The average Bonchev–Trinajstić information content (AvgIpc) is 3.22. The third-order valence-corrected chi connectivity index (χ3v) is 4.63. The van der Waals surface area contributed by atoms with Gasteiger partial charge >= 0.3 is 0 Å². The molecular weight excluding hydrogens is 336 g/mol. The SMILES string of the molecule is COc1ccc(C(=O)NC[C@H](c2ccco2)[NH+]2CCOCC2)cc1OC. The summed E-state index contributed by atoms with van der Waals surface area (Å²) in [6.45, 7) is 3.69. The van der Waals surface area contributed by atoms with E-state index in [0.717, 1.165) is 32.1 Å². The summed E-state index contributed by atoms with van der Waals surface area (Å²) in [7, 11) is 3.12. The third-order valence-electron chi connectivity index (χ3n) is 4.63. The Hall–Kier alpha value is -2.51. The number of benzene rings is 1. The van der Waals surface area contributed by atoms with Crippen molar-refractivity contribution < 1.29 is 28.3 Å². The topological polar surface area (TPSA) is 74.4 Å². The van der Waals surface area contributed by atoms with E-state index in [1.165, 1.54) is 4.90 Å². The summed E-state index contributed by atoms with van der Waals surface area (Å²) >= 11 is 0. The van der Waals surface area contributed by atoms with Gasteiger partial charge in [-0.3, -0.25) is 4.79 Å². The molecule has 1 aromatic heterocycles. The van der Waals surface area contributed by atoms with Gasteiger partial charge in [0.1, 0.15) is 13.1 Å². The maximum Gasteiger partial charge on any atom is 0.251 e. The minimum atomic E-state index is -0.157. The van der Waals surface area contributed by atoms with Crippen molar-refractivity contribution in [3.8, 4) is 11.5 Å². The van der Waals surface area contributed by atoms with Crippen LogP contribution in [0, 0.1) is 0 Å². The zero-order valence-corrected chi connectivity index (χ0v) is 15.1. The van der Waals surface area contributed by atoms with Gasteiger partial charge in [0.2, 0.25) is 0 Å². The van der Waals surface area contributed by atoms with Gasteiger partial charge in [0.25, 0.3) is 5.91 Å². The standard InChI is InChI=1S/C19H24N2O5/c1-23-17-6-5-14(12-18(17)24-2)19(22)20-13-15(16-4-3-9-26-16)21-7-10-25-11-8-21/h3-6,9,12,15H,7-8,10-11,13H2,1-2H3,(H,20,22)/p+1/t15-/m1/s1.